The van der Waals surface area contributed by atoms with E-state index in [0.717, 1.165) is 5.69 Å². The Balaban J connectivity index is 2.28. The molecule has 0 saturated heterocycles. The van der Waals surface area contributed by atoms with Gasteiger partial charge in [-0.25, -0.2) is 8.42 Å². The molecule has 0 aromatic heterocycles. The van der Waals surface area contributed by atoms with Gasteiger partial charge in [0.1, 0.15) is 0 Å². The van der Waals surface area contributed by atoms with Gasteiger partial charge in [0.25, 0.3) is 0 Å². The summed E-state index contributed by atoms with van der Waals surface area (Å²) in [6.07, 6.45) is 0.648. The minimum Gasteiger partial charge on any atom is -0.385 e. The fourth-order valence-corrected chi connectivity index (χ4v) is 2.32. The van der Waals surface area contributed by atoms with Gasteiger partial charge in [-0.05, 0) is 32.4 Å². The summed E-state index contributed by atoms with van der Waals surface area (Å²) >= 11 is 0. The lowest BCUT2D eigenvalue weighted by molar-refractivity contribution is 0.585. The smallest absolute Gasteiger partial charge is 0.152 e. The summed E-state index contributed by atoms with van der Waals surface area (Å²) in [6.45, 7) is 4.13. The minimum atomic E-state index is -2.89. The molecular weight excluding hydrogens is 222 g/mol. The van der Waals surface area contributed by atoms with Crippen molar-refractivity contribution in [2.75, 3.05) is 17.6 Å². The van der Waals surface area contributed by atoms with E-state index in [1.54, 1.807) is 13.8 Å². The number of anilines is 1. The van der Waals surface area contributed by atoms with Crippen molar-refractivity contribution in [3.05, 3.63) is 30.3 Å². The molecule has 0 fully saturated rings. The van der Waals surface area contributed by atoms with Crippen LogP contribution in [0.3, 0.4) is 0 Å². The zero-order chi connectivity index (χ0) is 12.0. The average molecular weight is 241 g/mol. The van der Waals surface area contributed by atoms with E-state index in [-0.39, 0.29) is 11.0 Å². The van der Waals surface area contributed by atoms with Crippen LogP contribution >= 0.6 is 0 Å². The maximum absolute atomic E-state index is 11.5. The summed E-state index contributed by atoms with van der Waals surface area (Å²) in [7, 11) is -2.89. The molecule has 0 atom stereocenters. The average Bonchev–Trinajstić information content (AvgIpc) is 2.26. The van der Waals surface area contributed by atoms with Crippen LogP contribution in [0.25, 0.3) is 0 Å². The first kappa shape index (κ1) is 13.0. The molecular formula is C12H19NO2S. The van der Waals surface area contributed by atoms with E-state index < -0.39 is 9.84 Å². The number of hydrogen-bond acceptors (Lipinski definition) is 3. The Morgan fingerprint density at radius 2 is 1.81 bits per heavy atom. The topological polar surface area (TPSA) is 46.2 Å². The standard InChI is InChI=1S/C12H19NO2S/c1-11(2)16(14,15)10-6-9-13-12-7-4-3-5-8-12/h3-5,7-8,11,13H,6,9-10H2,1-2H3. The molecule has 1 aromatic carbocycles. The fraction of sp³-hybridized carbons (Fsp3) is 0.500. The van der Waals surface area contributed by atoms with E-state index in [2.05, 4.69) is 5.32 Å². The fourth-order valence-electron chi connectivity index (χ4n) is 1.30. The van der Waals surface area contributed by atoms with Crippen molar-refractivity contribution >= 4 is 15.5 Å². The molecule has 0 amide bonds. The Hall–Kier alpha value is -1.03. The highest BCUT2D eigenvalue weighted by atomic mass is 32.2. The third-order valence-corrected chi connectivity index (χ3v) is 4.72. The molecule has 4 heteroatoms. The molecule has 1 N–H and O–H groups in total. The lowest BCUT2D eigenvalue weighted by Crippen LogP contribution is -2.19. The quantitative estimate of drug-likeness (QED) is 0.777. The van der Waals surface area contributed by atoms with Crippen LogP contribution in [0.4, 0.5) is 5.69 Å². The van der Waals surface area contributed by atoms with Crippen molar-refractivity contribution in [1.82, 2.24) is 0 Å². The van der Waals surface area contributed by atoms with Crippen molar-refractivity contribution in [1.29, 1.82) is 0 Å². The second-order valence-electron chi connectivity index (χ2n) is 4.06. The first-order valence-corrected chi connectivity index (χ1v) is 7.24. The third kappa shape index (κ3) is 4.23. The molecule has 0 bridgehead atoms. The largest absolute Gasteiger partial charge is 0.385 e. The number of benzene rings is 1. The minimum absolute atomic E-state index is 0.254. The van der Waals surface area contributed by atoms with Gasteiger partial charge in [0, 0.05) is 12.2 Å². The van der Waals surface area contributed by atoms with E-state index in [1.165, 1.54) is 0 Å². The van der Waals surface area contributed by atoms with Crippen molar-refractivity contribution in [2.45, 2.75) is 25.5 Å². The van der Waals surface area contributed by atoms with Crippen molar-refractivity contribution in [3.63, 3.8) is 0 Å². The maximum atomic E-state index is 11.5. The molecule has 1 aromatic rings. The maximum Gasteiger partial charge on any atom is 0.152 e. The molecule has 1 rings (SSSR count). The molecule has 0 aliphatic heterocycles. The van der Waals surface area contributed by atoms with Gasteiger partial charge in [-0.1, -0.05) is 18.2 Å². The summed E-state index contributed by atoms with van der Waals surface area (Å²) in [5, 5.41) is 2.92. The zero-order valence-electron chi connectivity index (χ0n) is 9.81. The van der Waals surface area contributed by atoms with Crippen LogP contribution in [0.1, 0.15) is 20.3 Å². The lowest BCUT2D eigenvalue weighted by Gasteiger charge is -2.08. The number of sulfone groups is 1. The first-order chi connectivity index (χ1) is 7.52. The molecule has 0 spiro atoms. The molecule has 0 unspecified atom stereocenters. The van der Waals surface area contributed by atoms with Crippen LogP contribution in [0.5, 0.6) is 0 Å². The molecule has 0 saturated carbocycles. The number of hydrogen-bond donors (Lipinski definition) is 1. The van der Waals surface area contributed by atoms with Gasteiger partial charge in [0.2, 0.25) is 0 Å². The zero-order valence-corrected chi connectivity index (χ0v) is 10.6. The van der Waals surface area contributed by atoms with E-state index in [0.29, 0.717) is 13.0 Å². The first-order valence-electron chi connectivity index (χ1n) is 5.53. The summed E-state index contributed by atoms with van der Waals surface area (Å²) in [5.74, 6) is 0.254. The highest BCUT2D eigenvalue weighted by Gasteiger charge is 2.14. The van der Waals surface area contributed by atoms with Crippen LogP contribution in [0.15, 0.2) is 30.3 Å². The number of rotatable bonds is 6. The predicted octanol–water partition coefficient (Wildman–Crippen LogP) is 2.31. The second-order valence-corrected chi connectivity index (χ2v) is 6.74. The lowest BCUT2D eigenvalue weighted by atomic mass is 10.3. The second kappa shape index (κ2) is 5.89. The van der Waals surface area contributed by atoms with Gasteiger partial charge in [-0.15, -0.1) is 0 Å². The molecule has 90 valence electrons. The van der Waals surface area contributed by atoms with Crippen LogP contribution in [-0.2, 0) is 9.84 Å². The molecule has 0 aliphatic rings. The Labute approximate surface area is 97.8 Å². The van der Waals surface area contributed by atoms with Crippen LogP contribution in [0, 0.1) is 0 Å². The van der Waals surface area contributed by atoms with Crippen molar-refractivity contribution < 1.29 is 8.42 Å². The van der Waals surface area contributed by atoms with Crippen molar-refractivity contribution in [2.24, 2.45) is 0 Å². The van der Waals surface area contributed by atoms with Crippen LogP contribution in [0.2, 0.25) is 0 Å². The molecule has 3 nitrogen and oxygen atoms in total. The van der Waals surface area contributed by atoms with E-state index in [4.69, 9.17) is 0 Å². The Morgan fingerprint density at radius 3 is 2.38 bits per heavy atom. The van der Waals surface area contributed by atoms with E-state index in [9.17, 15) is 8.42 Å². The Morgan fingerprint density at radius 1 is 1.19 bits per heavy atom. The van der Waals surface area contributed by atoms with Gasteiger partial charge in [0.05, 0.1) is 11.0 Å². The molecule has 0 heterocycles. The van der Waals surface area contributed by atoms with E-state index in [1.807, 2.05) is 30.3 Å². The molecule has 0 aliphatic carbocycles. The third-order valence-electron chi connectivity index (χ3n) is 2.43. The normalized spacial score (nSPS) is 11.7. The van der Waals surface area contributed by atoms with Gasteiger partial charge < -0.3 is 5.32 Å². The van der Waals surface area contributed by atoms with Gasteiger partial charge >= 0.3 is 0 Å². The molecule has 0 radical (unpaired) electrons. The summed E-state index contributed by atoms with van der Waals surface area (Å²) in [6, 6.07) is 9.79. The highest BCUT2D eigenvalue weighted by molar-refractivity contribution is 7.91. The predicted molar refractivity (Wildman–Crippen MR) is 68.5 cm³/mol. The van der Waals surface area contributed by atoms with Crippen LogP contribution in [-0.4, -0.2) is 26.0 Å². The summed E-state index contributed by atoms with van der Waals surface area (Å²) in [5.41, 5.74) is 1.03. The number of para-hydroxylation sites is 1. The SMILES string of the molecule is CC(C)S(=O)(=O)CCCNc1ccccc1. The Kier molecular flexibility index (Phi) is 4.80. The summed E-state index contributed by atoms with van der Waals surface area (Å²) in [4.78, 5) is 0. The number of nitrogens with one attached hydrogen (secondary N) is 1. The van der Waals surface area contributed by atoms with Gasteiger partial charge in [-0.3, -0.25) is 0 Å². The van der Waals surface area contributed by atoms with Crippen LogP contribution < -0.4 is 5.32 Å². The Bertz CT molecular complexity index is 398. The van der Waals surface area contributed by atoms with Crippen molar-refractivity contribution in [3.8, 4) is 0 Å². The molecule has 16 heavy (non-hydrogen) atoms. The highest BCUT2D eigenvalue weighted by Crippen LogP contribution is 2.06. The monoisotopic (exact) mass is 241 g/mol. The van der Waals surface area contributed by atoms with Gasteiger partial charge in [-0.2, -0.15) is 0 Å². The summed E-state index contributed by atoms with van der Waals surface area (Å²) < 4.78 is 23.0. The van der Waals surface area contributed by atoms with E-state index >= 15 is 0 Å². The van der Waals surface area contributed by atoms with Gasteiger partial charge in [0.15, 0.2) is 9.84 Å².